The molecule has 0 spiro atoms. The van der Waals surface area contributed by atoms with E-state index in [2.05, 4.69) is 130 Å². The minimum absolute atomic E-state index is 0.250. The molecule has 4 aromatic rings. The molecule has 27 heavy (non-hydrogen) atoms. The molecule has 0 heterocycles. The summed E-state index contributed by atoms with van der Waals surface area (Å²) in [5, 5.41) is 5.55. The number of benzene rings is 4. The summed E-state index contributed by atoms with van der Waals surface area (Å²) >= 11 is 0. The molecule has 0 bridgehead atoms. The van der Waals surface area contributed by atoms with Gasteiger partial charge in [0.1, 0.15) is 28.5 Å². The smallest absolute Gasteiger partial charge is 0.118 e. The van der Waals surface area contributed by atoms with Gasteiger partial charge in [0.2, 0.25) is 0 Å². The van der Waals surface area contributed by atoms with Gasteiger partial charge in [-0.25, -0.2) is 0 Å². The SMILES string of the molecule is [3H]PP.c1ccc([P+](c2ccccc2)(c2ccccc2)c2ccccc2)cc1. The Labute approximate surface area is 169 Å². The third kappa shape index (κ3) is 4.05. The zero-order valence-electron chi connectivity index (χ0n) is 16.1. The van der Waals surface area contributed by atoms with E-state index in [0.717, 1.165) is 0 Å². The maximum Gasteiger partial charge on any atom is 0.144 e. The quantitative estimate of drug-likeness (QED) is 0.420. The highest BCUT2D eigenvalue weighted by molar-refractivity contribution is 8.01. The Bertz CT molecular complexity index is 782. The van der Waals surface area contributed by atoms with Crippen LogP contribution in [0.3, 0.4) is 0 Å². The van der Waals surface area contributed by atoms with E-state index in [1.54, 1.807) is 0 Å². The van der Waals surface area contributed by atoms with Crippen LogP contribution in [-0.4, -0.2) is 1.28 Å². The van der Waals surface area contributed by atoms with Gasteiger partial charge in [-0.2, -0.15) is 0 Å². The van der Waals surface area contributed by atoms with Gasteiger partial charge in [0.05, 0.1) is 1.28 Å². The van der Waals surface area contributed by atoms with Crippen LogP contribution < -0.4 is 21.2 Å². The van der Waals surface area contributed by atoms with Crippen molar-refractivity contribution in [3.8, 4) is 0 Å². The van der Waals surface area contributed by atoms with E-state index < -0.39 is 7.26 Å². The second-order valence-corrected chi connectivity index (χ2v) is 9.42. The first-order chi connectivity index (χ1) is 13.8. The van der Waals surface area contributed by atoms with E-state index in [1.165, 1.54) is 21.2 Å². The average Bonchev–Trinajstić information content (AvgIpc) is 2.78. The van der Waals surface area contributed by atoms with Gasteiger partial charge in [-0.05, 0) is 48.5 Å². The van der Waals surface area contributed by atoms with E-state index in [-0.39, 0.29) is 8.87 Å². The van der Waals surface area contributed by atoms with E-state index in [9.17, 15) is 0 Å². The first kappa shape index (κ1) is 18.5. The summed E-state index contributed by atoms with van der Waals surface area (Å²) in [6.07, 6.45) is 0. The van der Waals surface area contributed by atoms with Crippen LogP contribution in [0.15, 0.2) is 121 Å². The van der Waals surface area contributed by atoms with Gasteiger partial charge in [-0.3, -0.25) is 0 Å². The Hall–Kier alpha value is -1.83. The summed E-state index contributed by atoms with van der Waals surface area (Å²) in [6, 6.07) is 43.8. The minimum atomic E-state index is -1.91. The maximum atomic E-state index is 6.20. The van der Waals surface area contributed by atoms with Crippen LogP contribution in [-0.2, 0) is 0 Å². The number of hydrogen-bond donors (Lipinski definition) is 0. The van der Waals surface area contributed by atoms with Crippen LogP contribution in [0.5, 0.6) is 0 Å². The fraction of sp³-hybridized carbons (Fsp3) is 0. The van der Waals surface area contributed by atoms with Gasteiger partial charge in [0, 0.05) is 0 Å². The zero-order valence-corrected chi connectivity index (χ0v) is 18.1. The highest BCUT2D eigenvalue weighted by Gasteiger charge is 2.47. The van der Waals surface area contributed by atoms with Crippen molar-refractivity contribution in [2.45, 2.75) is 0 Å². The lowest BCUT2D eigenvalue weighted by Crippen LogP contribution is -2.38. The number of hydrogen-bond acceptors (Lipinski definition) is 0. The summed E-state index contributed by atoms with van der Waals surface area (Å²) in [5.74, 6) is 0. The van der Waals surface area contributed by atoms with Crippen molar-refractivity contribution in [3.05, 3.63) is 121 Å². The lowest BCUT2D eigenvalue weighted by atomic mass is 10.3. The zero-order chi connectivity index (χ0) is 19.7. The molecule has 0 aromatic heterocycles. The fourth-order valence-electron chi connectivity index (χ4n) is 3.50. The fourth-order valence-corrected chi connectivity index (χ4v) is 7.77. The Morgan fingerprint density at radius 1 is 0.444 bits per heavy atom. The molecule has 0 radical (unpaired) electrons. The molecule has 2 unspecified atom stereocenters. The van der Waals surface area contributed by atoms with Crippen LogP contribution in [0.4, 0.5) is 0 Å². The predicted molar refractivity (Wildman–Crippen MR) is 131 cm³/mol. The summed E-state index contributed by atoms with van der Waals surface area (Å²) < 4.78 is 6.20. The highest BCUT2D eigenvalue weighted by atomic mass is 32.0. The van der Waals surface area contributed by atoms with E-state index >= 15 is 0 Å². The van der Waals surface area contributed by atoms with Gasteiger partial charge in [0.15, 0.2) is 0 Å². The molecule has 4 aromatic carbocycles. The third-order valence-electron chi connectivity index (χ3n) is 4.57. The first-order valence-corrected chi connectivity index (χ1v) is 12.9. The molecule has 4 rings (SSSR count). The van der Waals surface area contributed by atoms with Crippen molar-refractivity contribution in [1.29, 1.82) is 1.28 Å². The highest BCUT2D eigenvalue weighted by Crippen LogP contribution is 2.53. The van der Waals surface area contributed by atoms with Gasteiger partial charge in [-0.1, -0.05) is 72.8 Å². The minimum Gasteiger partial charge on any atom is -0.118 e. The van der Waals surface area contributed by atoms with Crippen LogP contribution in [0, 0.1) is 0 Å². The Balaban J connectivity index is 0.000000706. The maximum absolute atomic E-state index is 6.20. The normalized spacial score (nSPS) is 11.5. The molecule has 0 aliphatic carbocycles. The molecule has 0 N–H and O–H groups in total. The van der Waals surface area contributed by atoms with Crippen LogP contribution in [0.2, 0.25) is 0 Å². The van der Waals surface area contributed by atoms with Crippen molar-refractivity contribution in [3.63, 3.8) is 0 Å². The standard InChI is InChI=1S/C24H20P.H4P2/c1-5-13-21(14-6-1)25(22-15-7-2-8-16-22,23-17-9-3-10-18-23)24-19-11-4-12-20-24;1-2/h1-20H;1-2H2/q+1;/i;1T. The second-order valence-electron chi connectivity index (χ2n) is 6.01. The molecule has 2 atom stereocenters. The predicted octanol–water partition coefficient (Wildman–Crippen LogP) is 4.96. The molecule has 3 heteroatoms. The Kier molecular flexibility index (Phi) is 6.81. The second kappa shape index (κ2) is 9.92. The molecular formula is C24H24P3+. The summed E-state index contributed by atoms with van der Waals surface area (Å²) in [6.45, 7) is 0. The molecule has 0 aliphatic heterocycles. The van der Waals surface area contributed by atoms with E-state index in [0.29, 0.717) is 0 Å². The van der Waals surface area contributed by atoms with Crippen LogP contribution in [0.1, 0.15) is 0 Å². The molecule has 0 saturated carbocycles. The topological polar surface area (TPSA) is 0 Å². The summed E-state index contributed by atoms with van der Waals surface area (Å²) in [7, 11) is 0.618. The molecular weight excluding hydrogens is 381 g/mol. The molecule has 0 aliphatic rings. The summed E-state index contributed by atoms with van der Waals surface area (Å²) in [5.41, 5.74) is 0. The summed E-state index contributed by atoms with van der Waals surface area (Å²) in [4.78, 5) is 0. The molecule has 134 valence electrons. The molecule has 0 fully saturated rings. The largest absolute Gasteiger partial charge is 0.144 e. The lowest BCUT2D eigenvalue weighted by Gasteiger charge is -2.27. The van der Waals surface area contributed by atoms with Crippen molar-refractivity contribution in [2.24, 2.45) is 0 Å². The van der Waals surface area contributed by atoms with Crippen molar-refractivity contribution >= 4 is 46.3 Å². The first-order valence-electron chi connectivity index (χ1n) is 9.33. The van der Waals surface area contributed by atoms with Gasteiger partial charge < -0.3 is 0 Å². The average molecular weight is 407 g/mol. The van der Waals surface area contributed by atoms with Gasteiger partial charge >= 0.3 is 0 Å². The van der Waals surface area contributed by atoms with Gasteiger partial charge in [0.25, 0.3) is 0 Å². The van der Waals surface area contributed by atoms with Crippen molar-refractivity contribution < 1.29 is 0 Å². The molecule has 0 saturated heterocycles. The van der Waals surface area contributed by atoms with Crippen LogP contribution >= 0.6 is 25.1 Å². The molecule has 0 amide bonds. The number of rotatable bonds is 4. The monoisotopic (exact) mass is 407 g/mol. The Morgan fingerprint density at radius 2 is 0.630 bits per heavy atom. The van der Waals surface area contributed by atoms with E-state index in [1.807, 2.05) is 0 Å². The third-order valence-corrected chi connectivity index (χ3v) is 8.86. The van der Waals surface area contributed by atoms with E-state index in [4.69, 9.17) is 1.28 Å². The Morgan fingerprint density at radius 3 is 0.815 bits per heavy atom. The van der Waals surface area contributed by atoms with Crippen LogP contribution in [0.25, 0.3) is 0 Å². The van der Waals surface area contributed by atoms with Gasteiger partial charge in [-0.15, -0.1) is 17.8 Å². The molecule has 0 nitrogen and oxygen atoms in total. The lowest BCUT2D eigenvalue weighted by molar-refractivity contribution is 1.71. The van der Waals surface area contributed by atoms with Crippen molar-refractivity contribution in [2.75, 3.05) is 0 Å². The van der Waals surface area contributed by atoms with Crippen molar-refractivity contribution in [1.82, 2.24) is 0 Å².